The molecule has 0 aromatic rings. The van der Waals surface area contributed by atoms with Crippen molar-refractivity contribution in [1.29, 1.82) is 0 Å². The summed E-state index contributed by atoms with van der Waals surface area (Å²) in [6.07, 6.45) is 1.09. The Bertz CT molecular complexity index is 183. The highest BCUT2D eigenvalue weighted by molar-refractivity contribution is 8.23. The standard InChI is InChI=1S/C7H14N2S4/c1-5(4-13-7(9)11)2-3-12-6(8)10/h5H,2-4H2,1H3,(H2,8,10)(H2,9,11). The van der Waals surface area contributed by atoms with Gasteiger partial charge in [-0.2, -0.15) is 0 Å². The van der Waals surface area contributed by atoms with Crippen molar-refractivity contribution in [2.75, 3.05) is 11.5 Å². The van der Waals surface area contributed by atoms with Crippen molar-refractivity contribution in [2.45, 2.75) is 13.3 Å². The van der Waals surface area contributed by atoms with Gasteiger partial charge in [-0.25, -0.2) is 0 Å². The molecule has 0 aliphatic carbocycles. The Morgan fingerprint density at radius 3 is 2.23 bits per heavy atom. The molecule has 0 radical (unpaired) electrons. The summed E-state index contributed by atoms with van der Waals surface area (Å²) in [6.45, 7) is 2.17. The normalized spacial score (nSPS) is 12.4. The van der Waals surface area contributed by atoms with Crippen molar-refractivity contribution in [1.82, 2.24) is 0 Å². The van der Waals surface area contributed by atoms with E-state index in [9.17, 15) is 0 Å². The van der Waals surface area contributed by atoms with Crippen molar-refractivity contribution in [3.8, 4) is 0 Å². The lowest BCUT2D eigenvalue weighted by Gasteiger charge is -2.08. The number of nitrogens with two attached hydrogens (primary N) is 2. The van der Waals surface area contributed by atoms with Crippen LogP contribution in [0, 0.1) is 5.92 Å². The van der Waals surface area contributed by atoms with E-state index in [0.717, 1.165) is 17.9 Å². The molecule has 0 amide bonds. The fourth-order valence-electron chi connectivity index (χ4n) is 0.668. The highest BCUT2D eigenvalue weighted by atomic mass is 32.2. The third-order valence-electron chi connectivity index (χ3n) is 1.37. The van der Waals surface area contributed by atoms with E-state index in [0.29, 0.717) is 14.6 Å². The van der Waals surface area contributed by atoms with Crippen LogP contribution < -0.4 is 11.5 Å². The minimum atomic E-state index is 0.522. The summed E-state index contributed by atoms with van der Waals surface area (Å²) in [5.74, 6) is 2.56. The first kappa shape index (κ1) is 13.5. The molecule has 0 aliphatic heterocycles. The van der Waals surface area contributed by atoms with Crippen molar-refractivity contribution < 1.29 is 0 Å². The second-order valence-corrected chi connectivity index (χ2v) is 6.29. The summed E-state index contributed by atoms with van der Waals surface area (Å²) < 4.78 is 1.04. The van der Waals surface area contributed by atoms with E-state index >= 15 is 0 Å². The molecule has 0 heterocycles. The van der Waals surface area contributed by atoms with Gasteiger partial charge in [0.2, 0.25) is 0 Å². The minimum absolute atomic E-state index is 0.522. The van der Waals surface area contributed by atoms with Crippen molar-refractivity contribution >= 4 is 56.6 Å². The van der Waals surface area contributed by atoms with Gasteiger partial charge in [0.15, 0.2) is 0 Å². The van der Waals surface area contributed by atoms with Crippen LogP contribution in [0.1, 0.15) is 13.3 Å². The molecule has 0 saturated heterocycles. The fourth-order valence-corrected chi connectivity index (χ4v) is 2.46. The van der Waals surface area contributed by atoms with Crippen LogP contribution in [0.25, 0.3) is 0 Å². The number of thiocarbonyl (C=S) groups is 2. The molecule has 0 aromatic heterocycles. The smallest absolute Gasteiger partial charge is 0.131 e. The van der Waals surface area contributed by atoms with Gasteiger partial charge < -0.3 is 11.5 Å². The first-order valence-corrected chi connectivity index (χ1v) is 6.65. The quantitative estimate of drug-likeness (QED) is 0.732. The van der Waals surface area contributed by atoms with Gasteiger partial charge in [0.1, 0.15) is 8.64 Å². The predicted octanol–water partition coefficient (Wildman–Crippen LogP) is 1.97. The van der Waals surface area contributed by atoms with Crippen LogP contribution in [-0.2, 0) is 0 Å². The number of hydrogen-bond donors (Lipinski definition) is 2. The van der Waals surface area contributed by atoms with Crippen LogP contribution in [0.3, 0.4) is 0 Å². The van der Waals surface area contributed by atoms with Crippen molar-refractivity contribution in [2.24, 2.45) is 17.4 Å². The van der Waals surface area contributed by atoms with E-state index in [1.165, 1.54) is 23.5 Å². The number of hydrogen-bond acceptors (Lipinski definition) is 4. The first-order valence-electron chi connectivity index (χ1n) is 3.87. The van der Waals surface area contributed by atoms with Crippen LogP contribution in [0.2, 0.25) is 0 Å². The van der Waals surface area contributed by atoms with E-state index < -0.39 is 0 Å². The van der Waals surface area contributed by atoms with Crippen LogP contribution in [0.15, 0.2) is 0 Å². The summed E-state index contributed by atoms with van der Waals surface area (Å²) >= 11 is 12.6. The molecular formula is C7H14N2S4. The lowest BCUT2D eigenvalue weighted by Crippen LogP contribution is -2.09. The average Bonchev–Trinajstić information content (AvgIpc) is 2.00. The van der Waals surface area contributed by atoms with Gasteiger partial charge in [0.25, 0.3) is 0 Å². The Morgan fingerprint density at radius 1 is 1.23 bits per heavy atom. The lowest BCUT2D eigenvalue weighted by molar-refractivity contribution is 0.645. The molecule has 1 atom stereocenters. The van der Waals surface area contributed by atoms with Gasteiger partial charge in [-0.15, -0.1) is 0 Å². The van der Waals surface area contributed by atoms with Crippen LogP contribution in [0.5, 0.6) is 0 Å². The van der Waals surface area contributed by atoms with E-state index in [1.54, 1.807) is 0 Å². The summed E-state index contributed by atoms with van der Waals surface area (Å²) in [4.78, 5) is 0. The Balaban J connectivity index is 3.35. The third-order valence-corrected chi connectivity index (χ3v) is 3.82. The topological polar surface area (TPSA) is 52.0 Å². The Morgan fingerprint density at radius 2 is 1.77 bits per heavy atom. The maximum atomic E-state index is 5.37. The Hall–Kier alpha value is 0.480. The average molecular weight is 254 g/mol. The van der Waals surface area contributed by atoms with Gasteiger partial charge in [-0.05, 0) is 12.3 Å². The molecule has 6 heteroatoms. The molecule has 2 nitrogen and oxygen atoms in total. The highest BCUT2D eigenvalue weighted by Gasteiger charge is 2.03. The van der Waals surface area contributed by atoms with E-state index in [-0.39, 0.29) is 0 Å². The van der Waals surface area contributed by atoms with Crippen molar-refractivity contribution in [3.63, 3.8) is 0 Å². The molecule has 13 heavy (non-hydrogen) atoms. The van der Waals surface area contributed by atoms with Gasteiger partial charge in [0.05, 0.1) is 0 Å². The van der Waals surface area contributed by atoms with Gasteiger partial charge in [-0.1, -0.05) is 54.9 Å². The molecular weight excluding hydrogens is 240 g/mol. The first-order chi connectivity index (χ1) is 6.02. The maximum absolute atomic E-state index is 5.37. The highest BCUT2D eigenvalue weighted by Crippen LogP contribution is 2.14. The van der Waals surface area contributed by atoms with Gasteiger partial charge in [0, 0.05) is 11.5 Å². The molecule has 76 valence electrons. The molecule has 1 unspecified atom stereocenters. The summed E-state index contributed by atoms with van der Waals surface area (Å²) in [5.41, 5.74) is 10.7. The molecule has 0 rings (SSSR count). The molecule has 0 saturated carbocycles. The fraction of sp³-hybridized carbons (Fsp3) is 0.714. The maximum Gasteiger partial charge on any atom is 0.131 e. The molecule has 0 fully saturated rings. The molecule has 4 N–H and O–H groups in total. The van der Waals surface area contributed by atoms with Gasteiger partial charge in [-0.3, -0.25) is 0 Å². The SMILES string of the molecule is CC(CCSC(N)=S)CSC(N)=S. The van der Waals surface area contributed by atoms with Crippen LogP contribution in [-0.4, -0.2) is 20.1 Å². The number of rotatable bonds is 5. The van der Waals surface area contributed by atoms with Crippen LogP contribution in [0.4, 0.5) is 0 Å². The Labute approximate surface area is 98.6 Å². The lowest BCUT2D eigenvalue weighted by atomic mass is 10.2. The minimum Gasteiger partial charge on any atom is -0.385 e. The van der Waals surface area contributed by atoms with E-state index in [2.05, 4.69) is 6.92 Å². The van der Waals surface area contributed by atoms with E-state index in [1.807, 2.05) is 0 Å². The van der Waals surface area contributed by atoms with Crippen molar-refractivity contribution in [3.05, 3.63) is 0 Å². The van der Waals surface area contributed by atoms with Gasteiger partial charge >= 0.3 is 0 Å². The summed E-state index contributed by atoms with van der Waals surface area (Å²) in [7, 11) is 0. The number of thioether (sulfide) groups is 2. The molecule has 0 bridgehead atoms. The second kappa shape index (κ2) is 7.84. The second-order valence-electron chi connectivity index (χ2n) is 2.69. The van der Waals surface area contributed by atoms with E-state index in [4.69, 9.17) is 35.9 Å². The van der Waals surface area contributed by atoms with Crippen LogP contribution >= 0.6 is 48.0 Å². The largest absolute Gasteiger partial charge is 0.385 e. The third kappa shape index (κ3) is 10.4. The molecule has 0 spiro atoms. The summed E-state index contributed by atoms with van der Waals surface area (Å²) in [5, 5.41) is 0. The Kier molecular flexibility index (Phi) is 8.13. The molecule has 0 aliphatic rings. The zero-order valence-electron chi connectivity index (χ0n) is 7.49. The zero-order chi connectivity index (χ0) is 10.3. The zero-order valence-corrected chi connectivity index (χ0v) is 10.8. The molecule has 0 aromatic carbocycles. The monoisotopic (exact) mass is 254 g/mol. The summed E-state index contributed by atoms with van der Waals surface area (Å²) in [6, 6.07) is 0. The predicted molar refractivity (Wildman–Crippen MR) is 72.3 cm³/mol.